The topological polar surface area (TPSA) is 59.2 Å². The molecular formula is C19H15F2N3O2. The number of halogens is 2. The summed E-state index contributed by atoms with van der Waals surface area (Å²) in [5.74, 6) is -0.289. The Bertz CT molecular complexity index is 969. The molecule has 5 nitrogen and oxygen atoms in total. The zero-order valence-corrected chi connectivity index (χ0v) is 13.9. The fraction of sp³-hybridized carbons (Fsp3) is 0.211. The summed E-state index contributed by atoms with van der Waals surface area (Å²) in [5, 5.41) is 3.92. The minimum Gasteiger partial charge on any atom is -0.339 e. The van der Waals surface area contributed by atoms with E-state index in [1.807, 2.05) is 0 Å². The van der Waals surface area contributed by atoms with Gasteiger partial charge in [-0.3, -0.25) is 4.79 Å². The first-order chi connectivity index (χ1) is 12.5. The number of aromatic nitrogens is 2. The Morgan fingerprint density at radius 1 is 1.12 bits per heavy atom. The van der Waals surface area contributed by atoms with Gasteiger partial charge in [0.05, 0.1) is 5.92 Å². The highest BCUT2D eigenvalue weighted by atomic mass is 19.1. The molecule has 4 rings (SSSR count). The highest BCUT2D eigenvalue weighted by molar-refractivity contribution is 5.97. The maximum Gasteiger partial charge on any atom is 0.232 e. The van der Waals surface area contributed by atoms with E-state index < -0.39 is 0 Å². The van der Waals surface area contributed by atoms with Crippen LogP contribution >= 0.6 is 0 Å². The highest BCUT2D eigenvalue weighted by Crippen LogP contribution is 2.33. The number of hydrogen-bond donors (Lipinski definition) is 0. The maximum atomic E-state index is 13.3. The lowest BCUT2D eigenvalue weighted by Gasteiger charge is -2.18. The Kier molecular flexibility index (Phi) is 3.99. The molecule has 7 heteroatoms. The smallest absolute Gasteiger partial charge is 0.232 e. The van der Waals surface area contributed by atoms with Crippen molar-refractivity contribution >= 4 is 11.6 Å². The van der Waals surface area contributed by atoms with Crippen molar-refractivity contribution in [2.45, 2.75) is 19.3 Å². The van der Waals surface area contributed by atoms with Crippen LogP contribution < -0.4 is 4.90 Å². The van der Waals surface area contributed by atoms with E-state index in [1.165, 1.54) is 24.3 Å². The number of rotatable bonds is 3. The van der Waals surface area contributed by atoms with Gasteiger partial charge >= 0.3 is 0 Å². The molecule has 1 fully saturated rings. The lowest BCUT2D eigenvalue weighted by atomic mass is 10.1. The number of benzene rings is 2. The Balaban J connectivity index is 1.56. The third kappa shape index (κ3) is 2.96. The fourth-order valence-corrected chi connectivity index (χ4v) is 3.14. The van der Waals surface area contributed by atoms with E-state index in [2.05, 4.69) is 10.1 Å². The summed E-state index contributed by atoms with van der Waals surface area (Å²) in [6.07, 6.45) is 0.238. The average Bonchev–Trinajstić information content (AvgIpc) is 3.23. The molecule has 0 saturated carbocycles. The molecule has 0 N–H and O–H groups in total. The molecule has 1 aliphatic heterocycles. The van der Waals surface area contributed by atoms with Crippen LogP contribution in [0.25, 0.3) is 11.4 Å². The molecule has 0 aliphatic carbocycles. The Morgan fingerprint density at radius 3 is 2.58 bits per heavy atom. The molecular weight excluding hydrogens is 340 g/mol. The van der Waals surface area contributed by atoms with Gasteiger partial charge in [-0.25, -0.2) is 8.78 Å². The Hall–Kier alpha value is -3.09. The molecule has 3 aromatic rings. The van der Waals surface area contributed by atoms with Gasteiger partial charge in [0.2, 0.25) is 17.6 Å². The van der Waals surface area contributed by atoms with E-state index in [9.17, 15) is 13.6 Å². The number of carbonyl (C=O) groups excluding carboxylic acids is 1. The van der Waals surface area contributed by atoms with Gasteiger partial charge in [0.1, 0.15) is 11.6 Å². The second-order valence-corrected chi connectivity index (χ2v) is 6.30. The zero-order valence-electron chi connectivity index (χ0n) is 13.9. The van der Waals surface area contributed by atoms with Crippen molar-refractivity contribution < 1.29 is 18.1 Å². The normalized spacial score (nSPS) is 17.1. The monoisotopic (exact) mass is 355 g/mol. The van der Waals surface area contributed by atoms with Crippen molar-refractivity contribution in [1.82, 2.24) is 10.1 Å². The Labute approximate surface area is 148 Å². The van der Waals surface area contributed by atoms with Gasteiger partial charge in [0.15, 0.2) is 0 Å². The summed E-state index contributed by atoms with van der Waals surface area (Å²) < 4.78 is 31.7. The van der Waals surface area contributed by atoms with E-state index in [0.717, 1.165) is 0 Å². The molecule has 26 heavy (non-hydrogen) atoms. The van der Waals surface area contributed by atoms with Crippen molar-refractivity contribution in [3.05, 3.63) is 65.6 Å². The van der Waals surface area contributed by atoms with E-state index in [4.69, 9.17) is 4.52 Å². The van der Waals surface area contributed by atoms with E-state index in [1.54, 1.807) is 30.0 Å². The molecule has 1 amide bonds. The minimum absolute atomic E-state index is 0.0776. The van der Waals surface area contributed by atoms with Crippen LogP contribution in [0, 0.1) is 18.6 Å². The number of hydrogen-bond acceptors (Lipinski definition) is 4. The quantitative estimate of drug-likeness (QED) is 0.716. The van der Waals surface area contributed by atoms with Crippen molar-refractivity contribution in [1.29, 1.82) is 0 Å². The molecule has 1 unspecified atom stereocenters. The van der Waals surface area contributed by atoms with Gasteiger partial charge in [0.25, 0.3) is 0 Å². The first-order valence-corrected chi connectivity index (χ1v) is 8.17. The SMILES string of the molecule is Cc1cc(F)ccc1N1CC(c2nc(-c3ccc(F)cc3)no2)CC1=O. The van der Waals surface area contributed by atoms with Gasteiger partial charge in [-0.05, 0) is 55.0 Å². The molecule has 0 bridgehead atoms. The van der Waals surface area contributed by atoms with Crippen LogP contribution in [0.4, 0.5) is 14.5 Å². The number of nitrogens with zero attached hydrogens (tertiary/aromatic N) is 3. The second kappa shape index (κ2) is 6.33. The summed E-state index contributed by atoms with van der Waals surface area (Å²) in [4.78, 5) is 18.4. The van der Waals surface area contributed by atoms with Gasteiger partial charge < -0.3 is 9.42 Å². The van der Waals surface area contributed by atoms with E-state index >= 15 is 0 Å². The highest BCUT2D eigenvalue weighted by Gasteiger charge is 2.35. The van der Waals surface area contributed by atoms with Crippen molar-refractivity contribution in [3.63, 3.8) is 0 Å². The number of amides is 1. The molecule has 1 aliphatic rings. The standard InChI is InChI=1S/C19H15F2N3O2/c1-11-8-15(21)6-7-16(11)24-10-13(9-17(24)25)19-22-18(23-26-19)12-2-4-14(20)5-3-12/h2-8,13H,9-10H2,1H3. The van der Waals surface area contributed by atoms with E-state index in [-0.39, 0.29) is 29.9 Å². The lowest BCUT2D eigenvalue weighted by Crippen LogP contribution is -2.25. The first-order valence-electron chi connectivity index (χ1n) is 8.17. The van der Waals surface area contributed by atoms with Crippen molar-refractivity contribution in [3.8, 4) is 11.4 Å². The summed E-state index contributed by atoms with van der Waals surface area (Å²) in [7, 11) is 0. The summed E-state index contributed by atoms with van der Waals surface area (Å²) in [5.41, 5.74) is 2.01. The third-order valence-electron chi connectivity index (χ3n) is 4.47. The van der Waals surface area contributed by atoms with Gasteiger partial charge in [-0.15, -0.1) is 0 Å². The Morgan fingerprint density at radius 2 is 1.85 bits per heavy atom. The van der Waals surface area contributed by atoms with Crippen LogP contribution in [0.15, 0.2) is 47.0 Å². The van der Waals surface area contributed by atoms with Crippen LogP contribution in [0.2, 0.25) is 0 Å². The van der Waals surface area contributed by atoms with Crippen molar-refractivity contribution in [2.75, 3.05) is 11.4 Å². The summed E-state index contributed by atoms with van der Waals surface area (Å²) in [6, 6.07) is 10.1. The predicted molar refractivity (Wildman–Crippen MR) is 90.5 cm³/mol. The lowest BCUT2D eigenvalue weighted by molar-refractivity contribution is -0.117. The molecule has 1 aromatic heterocycles. The second-order valence-electron chi connectivity index (χ2n) is 6.30. The van der Waals surface area contributed by atoms with E-state index in [0.29, 0.717) is 35.1 Å². The van der Waals surface area contributed by atoms with Crippen LogP contribution in [0.1, 0.15) is 23.8 Å². The molecule has 0 radical (unpaired) electrons. The average molecular weight is 355 g/mol. The fourth-order valence-electron chi connectivity index (χ4n) is 3.14. The third-order valence-corrected chi connectivity index (χ3v) is 4.47. The maximum absolute atomic E-state index is 13.3. The first kappa shape index (κ1) is 16.4. The van der Waals surface area contributed by atoms with Crippen LogP contribution in [-0.2, 0) is 4.79 Å². The minimum atomic E-state index is -0.343. The van der Waals surface area contributed by atoms with Gasteiger partial charge in [0, 0.05) is 24.2 Å². The number of carbonyl (C=O) groups is 1. The van der Waals surface area contributed by atoms with Crippen LogP contribution in [-0.4, -0.2) is 22.6 Å². The summed E-state index contributed by atoms with van der Waals surface area (Å²) >= 11 is 0. The molecule has 2 heterocycles. The number of anilines is 1. The summed E-state index contributed by atoms with van der Waals surface area (Å²) in [6.45, 7) is 2.15. The van der Waals surface area contributed by atoms with Gasteiger partial charge in [-0.2, -0.15) is 4.98 Å². The van der Waals surface area contributed by atoms with Crippen molar-refractivity contribution in [2.24, 2.45) is 0 Å². The molecule has 1 atom stereocenters. The molecule has 132 valence electrons. The molecule has 1 saturated heterocycles. The zero-order chi connectivity index (χ0) is 18.3. The van der Waals surface area contributed by atoms with Crippen LogP contribution in [0.5, 0.6) is 0 Å². The number of aryl methyl sites for hydroxylation is 1. The predicted octanol–water partition coefficient (Wildman–Crippen LogP) is 3.84. The molecule has 2 aromatic carbocycles. The molecule has 0 spiro atoms. The van der Waals surface area contributed by atoms with Gasteiger partial charge in [-0.1, -0.05) is 5.16 Å². The largest absolute Gasteiger partial charge is 0.339 e. The van der Waals surface area contributed by atoms with Crippen LogP contribution in [0.3, 0.4) is 0 Å².